The minimum atomic E-state index is -0.829. The van der Waals surface area contributed by atoms with Crippen molar-refractivity contribution in [3.05, 3.63) is 0 Å². The standard InChI is InChI=1S/C7H13NO4/c1-7(2,3)12-6(10)8-5(9)11-4/h1-4H3,(H,8,9,10). The van der Waals surface area contributed by atoms with Gasteiger partial charge < -0.3 is 9.47 Å². The summed E-state index contributed by atoms with van der Waals surface area (Å²) in [6.07, 6.45) is -1.64. The van der Waals surface area contributed by atoms with Crippen molar-refractivity contribution in [2.75, 3.05) is 7.11 Å². The van der Waals surface area contributed by atoms with Gasteiger partial charge in [-0.25, -0.2) is 14.9 Å². The molecule has 5 heteroatoms. The van der Waals surface area contributed by atoms with Gasteiger partial charge in [0.1, 0.15) is 5.60 Å². The Balaban J connectivity index is 3.83. The average molecular weight is 175 g/mol. The molecule has 0 aromatic carbocycles. The summed E-state index contributed by atoms with van der Waals surface area (Å²) in [7, 11) is 1.17. The van der Waals surface area contributed by atoms with E-state index in [2.05, 4.69) is 4.74 Å². The van der Waals surface area contributed by atoms with Crippen LogP contribution in [0.1, 0.15) is 20.8 Å². The van der Waals surface area contributed by atoms with Crippen molar-refractivity contribution in [2.45, 2.75) is 26.4 Å². The maximum absolute atomic E-state index is 10.8. The topological polar surface area (TPSA) is 64.6 Å². The second kappa shape index (κ2) is 3.94. The van der Waals surface area contributed by atoms with Crippen LogP contribution in [0.15, 0.2) is 0 Å². The van der Waals surface area contributed by atoms with E-state index in [1.54, 1.807) is 20.8 Å². The van der Waals surface area contributed by atoms with Crippen molar-refractivity contribution in [1.29, 1.82) is 0 Å². The lowest BCUT2D eigenvalue weighted by atomic mass is 10.2. The maximum Gasteiger partial charge on any atom is 0.417 e. The van der Waals surface area contributed by atoms with Gasteiger partial charge in [-0.1, -0.05) is 0 Å². The Hall–Kier alpha value is -1.26. The molecule has 0 aliphatic carbocycles. The largest absolute Gasteiger partial charge is 0.453 e. The number of carbonyl (C=O) groups is 2. The molecule has 0 atom stereocenters. The normalized spacial score (nSPS) is 10.3. The molecular formula is C7H13NO4. The lowest BCUT2D eigenvalue weighted by Gasteiger charge is -2.18. The molecule has 2 amide bonds. The van der Waals surface area contributed by atoms with E-state index in [9.17, 15) is 9.59 Å². The first-order valence-corrected chi connectivity index (χ1v) is 3.43. The van der Waals surface area contributed by atoms with Crippen LogP contribution >= 0.6 is 0 Å². The number of amides is 2. The van der Waals surface area contributed by atoms with Crippen molar-refractivity contribution < 1.29 is 19.1 Å². The zero-order chi connectivity index (χ0) is 9.78. The van der Waals surface area contributed by atoms with E-state index in [1.807, 2.05) is 5.32 Å². The fourth-order valence-corrected chi connectivity index (χ4v) is 0.438. The van der Waals surface area contributed by atoms with Crippen LogP contribution < -0.4 is 5.32 Å². The van der Waals surface area contributed by atoms with Crippen LogP contribution in [0, 0.1) is 0 Å². The van der Waals surface area contributed by atoms with Crippen molar-refractivity contribution in [3.8, 4) is 0 Å². The molecule has 0 aliphatic heterocycles. The minimum Gasteiger partial charge on any atom is -0.453 e. The second-order valence-corrected chi connectivity index (χ2v) is 3.12. The van der Waals surface area contributed by atoms with Crippen molar-refractivity contribution in [1.82, 2.24) is 5.32 Å². The van der Waals surface area contributed by atoms with Crippen molar-refractivity contribution in [3.63, 3.8) is 0 Å². The summed E-state index contributed by atoms with van der Waals surface area (Å²) in [4.78, 5) is 21.3. The first-order chi connectivity index (χ1) is 5.35. The number of alkyl carbamates (subject to hydrolysis) is 2. The molecule has 0 saturated carbocycles. The third-order valence-electron chi connectivity index (χ3n) is 0.788. The Kier molecular flexibility index (Phi) is 3.53. The molecule has 0 heterocycles. The molecule has 0 aromatic heterocycles. The molecule has 12 heavy (non-hydrogen) atoms. The van der Waals surface area contributed by atoms with E-state index < -0.39 is 17.8 Å². The van der Waals surface area contributed by atoms with Crippen LogP contribution in [0.2, 0.25) is 0 Å². The third-order valence-corrected chi connectivity index (χ3v) is 0.788. The van der Waals surface area contributed by atoms with Gasteiger partial charge >= 0.3 is 12.2 Å². The van der Waals surface area contributed by atoms with Crippen LogP contribution in [0.5, 0.6) is 0 Å². The maximum atomic E-state index is 10.8. The van der Waals surface area contributed by atoms with E-state index in [0.717, 1.165) is 0 Å². The SMILES string of the molecule is COC(=O)NC(=O)OC(C)(C)C. The monoisotopic (exact) mass is 175 g/mol. The van der Waals surface area contributed by atoms with Gasteiger partial charge in [0.25, 0.3) is 0 Å². The van der Waals surface area contributed by atoms with E-state index in [4.69, 9.17) is 4.74 Å². The number of imide groups is 1. The summed E-state index contributed by atoms with van der Waals surface area (Å²) < 4.78 is 8.94. The minimum absolute atomic E-state index is 0.613. The summed E-state index contributed by atoms with van der Waals surface area (Å²) in [5.74, 6) is 0. The molecule has 5 nitrogen and oxygen atoms in total. The van der Waals surface area contributed by atoms with Gasteiger partial charge in [0.2, 0.25) is 0 Å². The molecular weight excluding hydrogens is 162 g/mol. The summed E-state index contributed by atoms with van der Waals surface area (Å²) in [6.45, 7) is 5.09. The highest BCUT2D eigenvalue weighted by atomic mass is 16.6. The van der Waals surface area contributed by atoms with Gasteiger partial charge in [0, 0.05) is 0 Å². The van der Waals surface area contributed by atoms with Crippen molar-refractivity contribution >= 4 is 12.2 Å². The molecule has 0 saturated heterocycles. The van der Waals surface area contributed by atoms with E-state index in [0.29, 0.717) is 0 Å². The fraction of sp³-hybridized carbons (Fsp3) is 0.714. The number of nitrogens with one attached hydrogen (secondary N) is 1. The lowest BCUT2D eigenvalue weighted by Crippen LogP contribution is -2.36. The second-order valence-electron chi connectivity index (χ2n) is 3.12. The third kappa shape index (κ3) is 5.52. The summed E-state index contributed by atoms with van der Waals surface area (Å²) in [5.41, 5.74) is -0.613. The molecule has 0 aliphatic rings. The summed E-state index contributed by atoms with van der Waals surface area (Å²) >= 11 is 0. The number of hydrogen-bond donors (Lipinski definition) is 1. The molecule has 0 unspecified atom stereocenters. The molecule has 0 bridgehead atoms. The van der Waals surface area contributed by atoms with Crippen molar-refractivity contribution in [2.24, 2.45) is 0 Å². The molecule has 1 N–H and O–H groups in total. The number of carbonyl (C=O) groups excluding carboxylic acids is 2. The average Bonchev–Trinajstić information content (AvgIpc) is 1.82. The van der Waals surface area contributed by atoms with E-state index >= 15 is 0 Å². The van der Waals surface area contributed by atoms with Gasteiger partial charge in [-0.05, 0) is 20.8 Å². The van der Waals surface area contributed by atoms with E-state index in [1.165, 1.54) is 7.11 Å². The molecule has 0 aromatic rings. The molecule has 0 fully saturated rings. The highest BCUT2D eigenvalue weighted by Crippen LogP contribution is 2.06. The number of ether oxygens (including phenoxy) is 2. The molecule has 0 radical (unpaired) electrons. The number of rotatable bonds is 0. The van der Waals surface area contributed by atoms with Gasteiger partial charge in [-0.15, -0.1) is 0 Å². The molecule has 0 spiro atoms. The lowest BCUT2D eigenvalue weighted by molar-refractivity contribution is 0.0521. The molecule has 0 rings (SSSR count). The Morgan fingerprint density at radius 3 is 2.00 bits per heavy atom. The fourth-order valence-electron chi connectivity index (χ4n) is 0.438. The van der Waals surface area contributed by atoms with Gasteiger partial charge in [-0.3, -0.25) is 0 Å². The van der Waals surface area contributed by atoms with Gasteiger partial charge in [-0.2, -0.15) is 0 Å². The highest BCUT2D eigenvalue weighted by molar-refractivity contribution is 5.87. The van der Waals surface area contributed by atoms with Gasteiger partial charge in [0.15, 0.2) is 0 Å². The first kappa shape index (κ1) is 10.7. The predicted octanol–water partition coefficient (Wildman–Crippen LogP) is 1.28. The van der Waals surface area contributed by atoms with Crippen LogP contribution in [0.25, 0.3) is 0 Å². The van der Waals surface area contributed by atoms with Crippen LogP contribution in [-0.4, -0.2) is 24.9 Å². The summed E-state index contributed by atoms with van der Waals surface area (Å²) in [6, 6.07) is 0. The predicted molar refractivity (Wildman–Crippen MR) is 41.8 cm³/mol. The number of methoxy groups -OCH3 is 1. The van der Waals surface area contributed by atoms with Crippen LogP contribution in [0.4, 0.5) is 9.59 Å². The zero-order valence-electron chi connectivity index (χ0n) is 7.63. The summed E-state index contributed by atoms with van der Waals surface area (Å²) in [5, 5.41) is 1.86. The quantitative estimate of drug-likeness (QED) is 0.602. The van der Waals surface area contributed by atoms with E-state index in [-0.39, 0.29) is 0 Å². The smallest absolute Gasteiger partial charge is 0.417 e. The van der Waals surface area contributed by atoms with Crippen LogP contribution in [-0.2, 0) is 9.47 Å². The number of hydrogen-bond acceptors (Lipinski definition) is 4. The Morgan fingerprint density at radius 2 is 1.67 bits per heavy atom. The zero-order valence-corrected chi connectivity index (χ0v) is 7.63. The first-order valence-electron chi connectivity index (χ1n) is 3.43. The Morgan fingerprint density at radius 1 is 1.17 bits per heavy atom. The molecule has 70 valence electrons. The highest BCUT2D eigenvalue weighted by Gasteiger charge is 2.17. The van der Waals surface area contributed by atoms with Gasteiger partial charge in [0.05, 0.1) is 7.11 Å². The Bertz CT molecular complexity index is 182. The van der Waals surface area contributed by atoms with Crippen LogP contribution in [0.3, 0.4) is 0 Å². The Labute approximate surface area is 71.0 Å².